The molecule has 120 valence electrons. The summed E-state index contributed by atoms with van der Waals surface area (Å²) in [6, 6.07) is 0. The highest BCUT2D eigenvalue weighted by atomic mass is 16.6. The maximum absolute atomic E-state index is 12.1. The molecular weight excluding hydrogens is 268 g/mol. The highest BCUT2D eigenvalue weighted by molar-refractivity contribution is 5.71. The van der Waals surface area contributed by atoms with E-state index in [1.165, 1.54) is 32.1 Å². The Kier molecular flexibility index (Phi) is 4.04. The van der Waals surface area contributed by atoms with Gasteiger partial charge in [-0.15, -0.1) is 0 Å². The summed E-state index contributed by atoms with van der Waals surface area (Å²) >= 11 is 0. The van der Waals surface area contributed by atoms with Gasteiger partial charge in [-0.05, 0) is 62.7 Å². The molecule has 0 spiro atoms. The van der Waals surface area contributed by atoms with Crippen molar-refractivity contribution in [1.82, 2.24) is 0 Å². The van der Waals surface area contributed by atoms with Gasteiger partial charge in [-0.3, -0.25) is 0 Å². The van der Waals surface area contributed by atoms with Gasteiger partial charge in [0.1, 0.15) is 12.2 Å². The first kappa shape index (κ1) is 15.3. The van der Waals surface area contributed by atoms with Gasteiger partial charge in [-0.2, -0.15) is 0 Å². The predicted molar refractivity (Wildman–Crippen MR) is 78.3 cm³/mol. The van der Waals surface area contributed by atoms with Gasteiger partial charge < -0.3 is 14.6 Å². The van der Waals surface area contributed by atoms with Crippen molar-refractivity contribution in [2.45, 2.75) is 64.8 Å². The Bertz CT molecular complexity index is 376. The molecule has 4 saturated carbocycles. The van der Waals surface area contributed by atoms with Gasteiger partial charge in [0, 0.05) is 5.92 Å². The van der Waals surface area contributed by atoms with Crippen molar-refractivity contribution >= 4 is 5.97 Å². The average Bonchev–Trinajstić information content (AvgIpc) is 2.41. The third-order valence-corrected chi connectivity index (χ3v) is 6.04. The molecule has 0 saturated heterocycles. The second-order valence-electron chi connectivity index (χ2n) is 7.91. The molecule has 0 amide bonds. The first-order valence-corrected chi connectivity index (χ1v) is 8.40. The van der Waals surface area contributed by atoms with Crippen molar-refractivity contribution in [3.8, 4) is 0 Å². The summed E-state index contributed by atoms with van der Waals surface area (Å²) in [6.07, 6.45) is 5.35. The van der Waals surface area contributed by atoms with Crippen molar-refractivity contribution < 1.29 is 19.4 Å². The quantitative estimate of drug-likeness (QED) is 0.626. The zero-order chi connectivity index (χ0) is 15.2. The van der Waals surface area contributed by atoms with E-state index in [-0.39, 0.29) is 24.1 Å². The van der Waals surface area contributed by atoms with E-state index in [9.17, 15) is 9.90 Å². The van der Waals surface area contributed by atoms with Crippen LogP contribution < -0.4 is 0 Å². The van der Waals surface area contributed by atoms with E-state index < -0.39 is 6.29 Å². The minimum absolute atomic E-state index is 0.0189. The lowest BCUT2D eigenvalue weighted by molar-refractivity contribution is -0.214. The van der Waals surface area contributed by atoms with E-state index in [1.54, 1.807) is 0 Å². The molecule has 0 aliphatic heterocycles. The lowest BCUT2D eigenvalue weighted by Crippen LogP contribution is -2.58. The SMILES string of the molecule is CC(C)C(O)OCC(=O)OC1(C)C2CC3CC(C2)CC1C3. The third kappa shape index (κ3) is 2.85. The summed E-state index contributed by atoms with van der Waals surface area (Å²) in [7, 11) is 0. The molecule has 4 bridgehead atoms. The van der Waals surface area contributed by atoms with Gasteiger partial charge in [-0.25, -0.2) is 4.79 Å². The molecule has 4 aliphatic rings. The molecule has 4 aliphatic carbocycles. The van der Waals surface area contributed by atoms with Crippen molar-refractivity contribution in [3.63, 3.8) is 0 Å². The van der Waals surface area contributed by atoms with Crippen LogP contribution in [0, 0.1) is 29.6 Å². The summed E-state index contributed by atoms with van der Waals surface area (Å²) < 4.78 is 11.1. The minimum Gasteiger partial charge on any atom is -0.457 e. The number of aliphatic hydroxyl groups is 1. The van der Waals surface area contributed by atoms with E-state index in [2.05, 4.69) is 6.92 Å². The van der Waals surface area contributed by atoms with Gasteiger partial charge in [0.15, 0.2) is 6.29 Å². The number of carbonyl (C=O) groups excluding carboxylic acids is 1. The molecule has 0 radical (unpaired) electrons. The van der Waals surface area contributed by atoms with Gasteiger partial charge in [0.25, 0.3) is 0 Å². The number of rotatable bonds is 5. The molecule has 1 N–H and O–H groups in total. The molecule has 4 nitrogen and oxygen atoms in total. The maximum atomic E-state index is 12.1. The average molecular weight is 296 g/mol. The second kappa shape index (κ2) is 5.54. The molecule has 0 aromatic heterocycles. The summed E-state index contributed by atoms with van der Waals surface area (Å²) in [4.78, 5) is 12.1. The number of hydrogen-bond donors (Lipinski definition) is 1. The molecule has 4 heteroatoms. The maximum Gasteiger partial charge on any atom is 0.332 e. The molecule has 21 heavy (non-hydrogen) atoms. The molecule has 1 unspecified atom stereocenters. The molecule has 1 atom stereocenters. The Hall–Kier alpha value is -0.610. The highest BCUT2D eigenvalue weighted by Gasteiger charge is 2.57. The summed E-state index contributed by atoms with van der Waals surface area (Å²) in [5.41, 5.74) is -0.309. The van der Waals surface area contributed by atoms with Crippen LogP contribution >= 0.6 is 0 Å². The topological polar surface area (TPSA) is 55.8 Å². The smallest absolute Gasteiger partial charge is 0.332 e. The van der Waals surface area contributed by atoms with Gasteiger partial charge in [-0.1, -0.05) is 13.8 Å². The summed E-state index contributed by atoms with van der Waals surface area (Å²) in [5.74, 6) is 2.41. The highest BCUT2D eigenvalue weighted by Crippen LogP contribution is 2.59. The van der Waals surface area contributed by atoms with E-state index in [1.807, 2.05) is 13.8 Å². The zero-order valence-electron chi connectivity index (χ0n) is 13.4. The molecule has 4 rings (SSSR count). The van der Waals surface area contributed by atoms with Crippen LogP contribution in [-0.2, 0) is 14.3 Å². The van der Waals surface area contributed by atoms with E-state index in [4.69, 9.17) is 9.47 Å². The van der Waals surface area contributed by atoms with E-state index >= 15 is 0 Å². The van der Waals surface area contributed by atoms with Crippen LogP contribution in [0.2, 0.25) is 0 Å². The van der Waals surface area contributed by atoms with Crippen molar-refractivity contribution in [2.75, 3.05) is 6.61 Å². The van der Waals surface area contributed by atoms with Gasteiger partial charge in [0.2, 0.25) is 0 Å². The molecule has 0 aromatic carbocycles. The normalized spacial score (nSPS) is 42.3. The van der Waals surface area contributed by atoms with Crippen molar-refractivity contribution in [1.29, 1.82) is 0 Å². The minimum atomic E-state index is -0.899. The van der Waals surface area contributed by atoms with Crippen LogP contribution in [0.25, 0.3) is 0 Å². The predicted octanol–water partition coefficient (Wildman–Crippen LogP) is 2.74. The summed E-state index contributed by atoms with van der Waals surface area (Å²) in [6.45, 7) is 5.68. The fraction of sp³-hybridized carbons (Fsp3) is 0.941. The lowest BCUT2D eigenvalue weighted by atomic mass is 9.50. The number of carbonyl (C=O) groups is 1. The fourth-order valence-electron chi connectivity index (χ4n) is 4.91. The lowest BCUT2D eigenvalue weighted by Gasteiger charge is -2.59. The van der Waals surface area contributed by atoms with Crippen LogP contribution in [0.3, 0.4) is 0 Å². The molecule has 4 fully saturated rings. The monoisotopic (exact) mass is 296 g/mol. The molecular formula is C17H28O4. The Morgan fingerprint density at radius 2 is 1.67 bits per heavy atom. The largest absolute Gasteiger partial charge is 0.457 e. The second-order valence-corrected chi connectivity index (χ2v) is 7.91. The van der Waals surface area contributed by atoms with Crippen molar-refractivity contribution in [3.05, 3.63) is 0 Å². The van der Waals surface area contributed by atoms with Crippen LogP contribution in [0.1, 0.15) is 52.9 Å². The van der Waals surface area contributed by atoms with Crippen LogP contribution in [0.15, 0.2) is 0 Å². The Balaban J connectivity index is 1.58. The fourth-order valence-corrected chi connectivity index (χ4v) is 4.91. The number of hydrogen-bond acceptors (Lipinski definition) is 4. The van der Waals surface area contributed by atoms with E-state index in [0.29, 0.717) is 11.8 Å². The standard InChI is InChI=1S/C17H28O4/c1-10(2)16(19)20-9-15(18)21-17(3)13-5-11-4-12(7-13)8-14(17)6-11/h10-14,16,19H,4-9H2,1-3H3. The Morgan fingerprint density at radius 3 is 2.14 bits per heavy atom. The summed E-state index contributed by atoms with van der Waals surface area (Å²) in [5, 5.41) is 9.62. The number of esters is 1. The zero-order valence-corrected chi connectivity index (χ0v) is 13.4. The first-order chi connectivity index (χ1) is 9.88. The third-order valence-electron chi connectivity index (χ3n) is 6.04. The molecule has 0 aromatic rings. The van der Waals surface area contributed by atoms with Crippen LogP contribution in [0.4, 0.5) is 0 Å². The van der Waals surface area contributed by atoms with Crippen LogP contribution in [-0.4, -0.2) is 29.6 Å². The van der Waals surface area contributed by atoms with E-state index in [0.717, 1.165) is 11.8 Å². The Morgan fingerprint density at radius 1 is 1.14 bits per heavy atom. The van der Waals surface area contributed by atoms with Gasteiger partial charge >= 0.3 is 5.97 Å². The number of aliphatic hydroxyl groups excluding tert-OH is 1. The van der Waals surface area contributed by atoms with Gasteiger partial charge in [0.05, 0.1) is 0 Å². The Labute approximate surface area is 127 Å². The molecule has 0 heterocycles. The van der Waals surface area contributed by atoms with Crippen LogP contribution in [0.5, 0.6) is 0 Å². The first-order valence-electron chi connectivity index (χ1n) is 8.40. The number of ether oxygens (including phenoxy) is 2. The van der Waals surface area contributed by atoms with Crippen molar-refractivity contribution in [2.24, 2.45) is 29.6 Å².